The summed E-state index contributed by atoms with van der Waals surface area (Å²) in [5.41, 5.74) is 7.57. The second-order valence-corrected chi connectivity index (χ2v) is 7.23. The standard InChI is InChI=1S/C16H22N4/c1-15(2)11-4-6-16(3,8-11)14(15)20-13-12(18)10(9-17)5-7-19-13/h5,7,11,14H,4,6,8,18H2,1-3H3,(H,19,20). The Bertz CT molecular complexity index is 582. The van der Waals surface area contributed by atoms with Gasteiger partial charge >= 0.3 is 0 Å². The van der Waals surface area contributed by atoms with Crippen LogP contribution in [0.1, 0.15) is 45.6 Å². The third kappa shape index (κ3) is 1.69. The normalized spacial score (nSPS) is 33.9. The summed E-state index contributed by atoms with van der Waals surface area (Å²) in [5.74, 6) is 1.43. The molecule has 0 aliphatic heterocycles. The first-order valence-corrected chi connectivity index (χ1v) is 7.29. The molecule has 0 amide bonds. The van der Waals surface area contributed by atoms with Crippen molar-refractivity contribution in [3.63, 3.8) is 0 Å². The van der Waals surface area contributed by atoms with Gasteiger partial charge in [-0.3, -0.25) is 0 Å². The number of nitrogens with two attached hydrogens (primary N) is 1. The molecule has 4 heteroatoms. The fourth-order valence-corrected chi connectivity index (χ4v) is 4.48. The smallest absolute Gasteiger partial charge is 0.150 e. The Morgan fingerprint density at radius 1 is 1.45 bits per heavy atom. The predicted octanol–water partition coefficient (Wildman–Crippen LogP) is 3.16. The first-order valence-electron chi connectivity index (χ1n) is 7.29. The molecule has 20 heavy (non-hydrogen) atoms. The van der Waals surface area contributed by atoms with Gasteiger partial charge in [0.25, 0.3) is 0 Å². The van der Waals surface area contributed by atoms with Gasteiger partial charge in [-0.25, -0.2) is 4.98 Å². The van der Waals surface area contributed by atoms with E-state index < -0.39 is 0 Å². The van der Waals surface area contributed by atoms with Crippen LogP contribution in [0.3, 0.4) is 0 Å². The molecule has 0 radical (unpaired) electrons. The van der Waals surface area contributed by atoms with Crippen LogP contribution in [0.4, 0.5) is 11.5 Å². The predicted molar refractivity (Wildman–Crippen MR) is 80.0 cm³/mol. The van der Waals surface area contributed by atoms with Gasteiger partial charge in [-0.2, -0.15) is 5.26 Å². The number of anilines is 2. The van der Waals surface area contributed by atoms with E-state index in [4.69, 9.17) is 11.0 Å². The molecule has 2 fully saturated rings. The topological polar surface area (TPSA) is 74.7 Å². The van der Waals surface area contributed by atoms with Gasteiger partial charge in [-0.05, 0) is 42.1 Å². The molecular weight excluding hydrogens is 248 g/mol. The van der Waals surface area contributed by atoms with Gasteiger partial charge in [0.05, 0.1) is 11.3 Å². The van der Waals surface area contributed by atoms with Crippen molar-refractivity contribution in [1.29, 1.82) is 5.26 Å². The van der Waals surface area contributed by atoms with Gasteiger partial charge in [0.2, 0.25) is 0 Å². The molecule has 2 aliphatic rings. The number of aromatic nitrogens is 1. The minimum Gasteiger partial charge on any atom is -0.395 e. The van der Waals surface area contributed by atoms with Crippen molar-refractivity contribution >= 4 is 11.5 Å². The zero-order valence-corrected chi connectivity index (χ0v) is 12.4. The van der Waals surface area contributed by atoms with Gasteiger partial charge in [0.1, 0.15) is 6.07 Å². The highest BCUT2D eigenvalue weighted by atomic mass is 15.1. The van der Waals surface area contributed by atoms with E-state index in [-0.39, 0.29) is 5.41 Å². The van der Waals surface area contributed by atoms with Gasteiger partial charge < -0.3 is 11.1 Å². The molecule has 4 nitrogen and oxygen atoms in total. The highest BCUT2D eigenvalue weighted by Crippen LogP contribution is 2.63. The number of hydrogen-bond acceptors (Lipinski definition) is 4. The number of nitriles is 1. The molecule has 1 heterocycles. The van der Waals surface area contributed by atoms with Gasteiger partial charge in [-0.1, -0.05) is 20.8 Å². The van der Waals surface area contributed by atoms with E-state index in [0.717, 1.165) is 5.92 Å². The molecule has 3 atom stereocenters. The molecule has 2 bridgehead atoms. The fourth-order valence-electron chi connectivity index (χ4n) is 4.48. The maximum atomic E-state index is 9.08. The third-order valence-electron chi connectivity index (χ3n) is 5.66. The fraction of sp³-hybridized carbons (Fsp3) is 0.625. The summed E-state index contributed by atoms with van der Waals surface area (Å²) in [6, 6.07) is 4.14. The lowest BCUT2D eigenvalue weighted by Gasteiger charge is -2.43. The Balaban J connectivity index is 1.94. The van der Waals surface area contributed by atoms with Crippen molar-refractivity contribution in [1.82, 2.24) is 4.98 Å². The largest absolute Gasteiger partial charge is 0.395 e. The SMILES string of the molecule is CC12CCC(C1)C(C)(C)C2Nc1nccc(C#N)c1N. The number of nitrogen functional groups attached to an aromatic ring is 1. The molecule has 0 saturated heterocycles. The summed E-state index contributed by atoms with van der Waals surface area (Å²) < 4.78 is 0. The van der Waals surface area contributed by atoms with Crippen LogP contribution in [-0.2, 0) is 0 Å². The molecule has 2 aliphatic carbocycles. The van der Waals surface area contributed by atoms with E-state index in [9.17, 15) is 0 Å². The van der Waals surface area contributed by atoms with Crippen molar-refractivity contribution in [2.75, 3.05) is 11.1 Å². The summed E-state index contributed by atoms with van der Waals surface area (Å²) in [7, 11) is 0. The molecule has 0 spiro atoms. The van der Waals surface area contributed by atoms with Crippen molar-refractivity contribution in [2.45, 2.75) is 46.1 Å². The Labute approximate surface area is 120 Å². The summed E-state index contributed by atoms with van der Waals surface area (Å²) in [5, 5.41) is 12.6. The van der Waals surface area contributed by atoms with Crippen LogP contribution in [0.2, 0.25) is 0 Å². The Morgan fingerprint density at radius 2 is 2.20 bits per heavy atom. The average Bonchev–Trinajstić information content (AvgIpc) is 2.87. The van der Waals surface area contributed by atoms with E-state index in [1.165, 1.54) is 19.3 Å². The lowest BCUT2D eigenvalue weighted by molar-refractivity contribution is 0.155. The number of pyridine rings is 1. The van der Waals surface area contributed by atoms with Crippen molar-refractivity contribution in [3.05, 3.63) is 17.8 Å². The second kappa shape index (κ2) is 4.12. The minimum atomic E-state index is 0.240. The zero-order valence-electron chi connectivity index (χ0n) is 12.4. The van der Waals surface area contributed by atoms with Crippen LogP contribution in [-0.4, -0.2) is 11.0 Å². The van der Waals surface area contributed by atoms with Crippen LogP contribution < -0.4 is 11.1 Å². The molecule has 3 N–H and O–H groups in total. The molecule has 1 aromatic heterocycles. The van der Waals surface area contributed by atoms with Crippen LogP contribution in [0, 0.1) is 28.1 Å². The van der Waals surface area contributed by atoms with Crippen molar-refractivity contribution in [3.8, 4) is 6.07 Å². The molecule has 3 rings (SSSR count). The number of hydrogen-bond donors (Lipinski definition) is 2. The number of nitrogens with zero attached hydrogens (tertiary/aromatic N) is 2. The number of fused-ring (bicyclic) bond motifs is 2. The first-order chi connectivity index (χ1) is 9.38. The molecule has 1 aromatic rings. The highest BCUT2D eigenvalue weighted by Gasteiger charge is 2.59. The molecule has 0 aromatic carbocycles. The summed E-state index contributed by atoms with van der Waals surface area (Å²) >= 11 is 0. The van der Waals surface area contributed by atoms with Crippen LogP contribution >= 0.6 is 0 Å². The summed E-state index contributed by atoms with van der Waals surface area (Å²) in [6.45, 7) is 7.04. The van der Waals surface area contributed by atoms with Crippen molar-refractivity contribution in [2.24, 2.45) is 16.7 Å². The lowest BCUT2D eigenvalue weighted by atomic mass is 9.68. The average molecular weight is 270 g/mol. The molecular formula is C16H22N4. The minimum absolute atomic E-state index is 0.240. The molecule has 2 saturated carbocycles. The highest BCUT2D eigenvalue weighted by molar-refractivity contribution is 5.69. The lowest BCUT2D eigenvalue weighted by Crippen LogP contribution is -2.46. The maximum Gasteiger partial charge on any atom is 0.150 e. The number of rotatable bonds is 2. The van der Waals surface area contributed by atoms with E-state index in [1.54, 1.807) is 12.3 Å². The molecule has 106 valence electrons. The van der Waals surface area contributed by atoms with Crippen LogP contribution in [0.15, 0.2) is 12.3 Å². The monoisotopic (exact) mass is 270 g/mol. The Morgan fingerprint density at radius 3 is 2.80 bits per heavy atom. The van der Waals surface area contributed by atoms with E-state index in [2.05, 4.69) is 37.1 Å². The van der Waals surface area contributed by atoms with Gasteiger partial charge in [0, 0.05) is 12.2 Å². The van der Waals surface area contributed by atoms with E-state index in [1.807, 2.05) is 0 Å². The summed E-state index contributed by atoms with van der Waals surface area (Å²) in [6.07, 6.45) is 5.51. The van der Waals surface area contributed by atoms with E-state index in [0.29, 0.717) is 28.5 Å². The zero-order chi connectivity index (χ0) is 14.5. The molecule has 3 unspecified atom stereocenters. The van der Waals surface area contributed by atoms with Gasteiger partial charge in [-0.15, -0.1) is 0 Å². The van der Waals surface area contributed by atoms with Crippen LogP contribution in [0.5, 0.6) is 0 Å². The first kappa shape index (κ1) is 13.2. The Kier molecular flexibility index (Phi) is 2.72. The second-order valence-electron chi connectivity index (χ2n) is 7.23. The van der Waals surface area contributed by atoms with Crippen molar-refractivity contribution < 1.29 is 0 Å². The van der Waals surface area contributed by atoms with Crippen LogP contribution in [0.25, 0.3) is 0 Å². The Hall–Kier alpha value is -1.76. The third-order valence-corrected chi connectivity index (χ3v) is 5.66. The quantitative estimate of drug-likeness (QED) is 0.865. The number of nitrogens with one attached hydrogen (secondary N) is 1. The summed E-state index contributed by atoms with van der Waals surface area (Å²) in [4.78, 5) is 4.34. The van der Waals surface area contributed by atoms with E-state index >= 15 is 0 Å². The maximum absolute atomic E-state index is 9.08. The van der Waals surface area contributed by atoms with Gasteiger partial charge in [0.15, 0.2) is 5.82 Å².